The molecule has 0 amide bonds. The Labute approximate surface area is 134 Å². The van der Waals surface area contributed by atoms with Crippen molar-refractivity contribution in [2.75, 3.05) is 6.61 Å². The summed E-state index contributed by atoms with van der Waals surface area (Å²) in [5.74, 6) is -3.17. The molecule has 0 saturated heterocycles. The summed E-state index contributed by atoms with van der Waals surface area (Å²) in [7, 11) is 0. The molecule has 0 spiro atoms. The van der Waals surface area contributed by atoms with Gasteiger partial charge in [0.15, 0.2) is 0 Å². The Morgan fingerprint density at radius 2 is 1.52 bits per heavy atom. The number of hydrogen-bond acceptors (Lipinski definition) is 6. The molecule has 23 heavy (non-hydrogen) atoms. The Balaban J connectivity index is -0.000000266. The van der Waals surface area contributed by atoms with E-state index < -0.39 is 11.9 Å². The van der Waals surface area contributed by atoms with Crippen LogP contribution in [0.5, 0.6) is 0 Å². The zero-order chi connectivity index (χ0) is 18.7. The molecule has 0 bridgehead atoms. The average molecular weight is 330 g/mol. The molecule has 0 unspecified atom stereocenters. The lowest BCUT2D eigenvalue weighted by atomic mass is 10.4. The van der Waals surface area contributed by atoms with E-state index in [0.29, 0.717) is 18.8 Å². The van der Waals surface area contributed by atoms with E-state index in [4.69, 9.17) is 10.2 Å². The summed E-state index contributed by atoms with van der Waals surface area (Å²) in [6.07, 6.45) is 5.37. The van der Waals surface area contributed by atoms with E-state index in [1.54, 1.807) is 0 Å². The first kappa shape index (κ1) is 25.1. The van der Waals surface area contributed by atoms with Crippen molar-refractivity contribution in [3.8, 4) is 0 Å². The maximum absolute atomic E-state index is 10.3. The Kier molecular flexibility index (Phi) is 20.8. The van der Waals surface area contributed by atoms with E-state index >= 15 is 0 Å². The van der Waals surface area contributed by atoms with Crippen molar-refractivity contribution in [3.05, 3.63) is 37.6 Å². The first-order chi connectivity index (χ1) is 10.7. The molecule has 2 N–H and O–H groups in total. The second kappa shape index (κ2) is 19.1. The van der Waals surface area contributed by atoms with Crippen LogP contribution in [0.1, 0.15) is 26.7 Å². The first-order valence-corrected chi connectivity index (χ1v) is 6.42. The van der Waals surface area contributed by atoms with Crippen LogP contribution in [-0.2, 0) is 28.7 Å². The van der Waals surface area contributed by atoms with Gasteiger partial charge >= 0.3 is 23.9 Å². The fourth-order valence-electron chi connectivity index (χ4n) is 0.636. The lowest BCUT2D eigenvalue weighted by Crippen LogP contribution is -2.00. The molecule has 0 fully saturated rings. The van der Waals surface area contributed by atoms with Crippen LogP contribution < -0.4 is 0 Å². The maximum Gasteiger partial charge on any atom is 0.330 e. The summed E-state index contributed by atoms with van der Waals surface area (Å²) in [6.45, 7) is 10.3. The number of hydrogen-bond donors (Lipinski definition) is 2. The Bertz CT molecular complexity index is 407. The minimum absolute atomic E-state index is 0.329. The van der Waals surface area contributed by atoms with E-state index in [-0.39, 0.29) is 11.9 Å². The lowest BCUT2D eigenvalue weighted by molar-refractivity contribution is -0.138. The summed E-state index contributed by atoms with van der Waals surface area (Å²) in [5, 5.41) is 15.6. The third-order valence-electron chi connectivity index (χ3n) is 1.53. The normalized spacial score (nSPS) is 8.43. The molecule has 0 aliphatic rings. The quantitative estimate of drug-likeness (QED) is 0.314. The Morgan fingerprint density at radius 1 is 1.04 bits per heavy atom. The SMILES string of the molecule is C=CC(=O)OCCCC.C=COC(C)=O.O=C(O)C=CC(=O)O. The largest absolute Gasteiger partial charge is 0.478 e. The van der Waals surface area contributed by atoms with Crippen molar-refractivity contribution in [2.45, 2.75) is 26.7 Å². The number of ether oxygens (including phenoxy) is 2. The Hall–Kier alpha value is -2.90. The maximum atomic E-state index is 10.3. The molecular formula is C15H22O8. The van der Waals surface area contributed by atoms with Crippen LogP contribution in [0, 0.1) is 0 Å². The van der Waals surface area contributed by atoms with Gasteiger partial charge in [-0.15, -0.1) is 0 Å². The van der Waals surface area contributed by atoms with Gasteiger partial charge in [-0.25, -0.2) is 14.4 Å². The van der Waals surface area contributed by atoms with Crippen molar-refractivity contribution >= 4 is 23.9 Å². The number of carboxylic acids is 2. The van der Waals surface area contributed by atoms with Gasteiger partial charge in [0.25, 0.3) is 0 Å². The number of unbranched alkanes of at least 4 members (excludes halogenated alkanes) is 1. The van der Waals surface area contributed by atoms with Crippen LogP contribution >= 0.6 is 0 Å². The van der Waals surface area contributed by atoms with E-state index in [1.807, 2.05) is 6.92 Å². The van der Waals surface area contributed by atoms with Crippen LogP contribution in [0.2, 0.25) is 0 Å². The lowest BCUT2D eigenvalue weighted by Gasteiger charge is -1.97. The molecule has 0 aromatic carbocycles. The predicted octanol–water partition coefficient (Wildman–Crippen LogP) is 1.92. The van der Waals surface area contributed by atoms with Crippen LogP contribution in [0.3, 0.4) is 0 Å². The van der Waals surface area contributed by atoms with Gasteiger partial charge in [0, 0.05) is 25.2 Å². The van der Waals surface area contributed by atoms with Crippen molar-refractivity contribution in [2.24, 2.45) is 0 Å². The standard InChI is InChI=1S/C7H12O2.C4H4O4.C4H6O2/c1-3-5-6-9-7(8)4-2;5-3(6)1-2-4(7)8;1-3-6-4(2)5/h4H,2-3,5-6H2,1H3;1-2H,(H,5,6)(H,7,8);3H,1H2,2H3. The topological polar surface area (TPSA) is 127 Å². The van der Waals surface area contributed by atoms with E-state index in [1.165, 1.54) is 13.0 Å². The molecule has 8 nitrogen and oxygen atoms in total. The number of carbonyl (C=O) groups excluding carboxylic acids is 2. The molecular weight excluding hydrogens is 308 g/mol. The van der Waals surface area contributed by atoms with Gasteiger partial charge in [-0.2, -0.15) is 0 Å². The van der Waals surface area contributed by atoms with E-state index in [9.17, 15) is 19.2 Å². The summed E-state index contributed by atoms with van der Waals surface area (Å²) in [5.41, 5.74) is 0. The minimum Gasteiger partial charge on any atom is -0.478 e. The van der Waals surface area contributed by atoms with Gasteiger partial charge in [-0.3, -0.25) is 4.79 Å². The van der Waals surface area contributed by atoms with Gasteiger partial charge in [0.05, 0.1) is 12.9 Å². The summed E-state index contributed by atoms with van der Waals surface area (Å²) >= 11 is 0. The predicted molar refractivity (Wildman–Crippen MR) is 82.4 cm³/mol. The van der Waals surface area contributed by atoms with Crippen LogP contribution in [0.15, 0.2) is 37.6 Å². The minimum atomic E-state index is -1.26. The van der Waals surface area contributed by atoms with Crippen molar-refractivity contribution in [1.29, 1.82) is 0 Å². The highest BCUT2D eigenvalue weighted by Gasteiger charge is 1.91. The zero-order valence-electron chi connectivity index (χ0n) is 13.2. The molecule has 0 atom stereocenters. The van der Waals surface area contributed by atoms with E-state index in [0.717, 1.165) is 19.1 Å². The molecule has 130 valence electrons. The summed E-state index contributed by atoms with van der Waals surface area (Å²) in [6, 6.07) is 0. The van der Waals surface area contributed by atoms with Crippen LogP contribution in [0.25, 0.3) is 0 Å². The first-order valence-electron chi connectivity index (χ1n) is 6.42. The number of rotatable bonds is 7. The third-order valence-corrected chi connectivity index (χ3v) is 1.53. The monoisotopic (exact) mass is 330 g/mol. The molecule has 0 rings (SSSR count). The van der Waals surface area contributed by atoms with E-state index in [2.05, 4.69) is 22.6 Å². The fourth-order valence-corrected chi connectivity index (χ4v) is 0.636. The molecule has 0 radical (unpaired) electrons. The number of aliphatic carboxylic acids is 2. The number of carbonyl (C=O) groups is 4. The second-order valence-corrected chi connectivity index (χ2v) is 3.51. The number of esters is 2. The average Bonchev–Trinajstić information content (AvgIpc) is 2.46. The Morgan fingerprint density at radius 3 is 1.74 bits per heavy atom. The smallest absolute Gasteiger partial charge is 0.330 e. The van der Waals surface area contributed by atoms with Crippen molar-refractivity contribution in [3.63, 3.8) is 0 Å². The van der Waals surface area contributed by atoms with Gasteiger partial charge < -0.3 is 19.7 Å². The second-order valence-electron chi connectivity index (χ2n) is 3.51. The molecule has 0 aromatic rings. The van der Waals surface area contributed by atoms with Gasteiger partial charge in [0.1, 0.15) is 0 Å². The highest BCUT2D eigenvalue weighted by Crippen LogP contribution is 1.88. The fraction of sp³-hybridized carbons (Fsp3) is 0.333. The molecule has 0 aromatic heterocycles. The molecule has 0 aliphatic carbocycles. The van der Waals surface area contributed by atoms with Crippen molar-refractivity contribution in [1.82, 2.24) is 0 Å². The third kappa shape index (κ3) is 38.1. The molecule has 8 heteroatoms. The molecule has 0 aliphatic heterocycles. The van der Waals surface area contributed by atoms with Crippen molar-refractivity contribution < 1.29 is 38.9 Å². The zero-order valence-corrected chi connectivity index (χ0v) is 13.2. The van der Waals surface area contributed by atoms with Gasteiger partial charge in [-0.1, -0.05) is 26.5 Å². The highest BCUT2D eigenvalue weighted by atomic mass is 16.5. The van der Waals surface area contributed by atoms with Crippen LogP contribution in [0.4, 0.5) is 0 Å². The highest BCUT2D eigenvalue weighted by molar-refractivity contribution is 5.89. The summed E-state index contributed by atoms with van der Waals surface area (Å²) < 4.78 is 8.84. The van der Waals surface area contributed by atoms with Gasteiger partial charge in [0.2, 0.25) is 0 Å². The van der Waals surface area contributed by atoms with Crippen LogP contribution in [-0.4, -0.2) is 40.7 Å². The van der Waals surface area contributed by atoms with Gasteiger partial charge in [-0.05, 0) is 6.42 Å². The molecule has 0 saturated carbocycles. The summed E-state index contributed by atoms with van der Waals surface area (Å²) in [4.78, 5) is 39.2. The molecule has 0 heterocycles. The number of carboxylic acid groups (broad SMARTS) is 2.